The molecular weight excluding hydrogens is 134 g/mol. The molecule has 0 aromatic rings. The van der Waals surface area contributed by atoms with Crippen LogP contribution in [0.2, 0.25) is 0 Å². The molecule has 0 spiro atoms. The standard InChI is InChI=1S/Cl3HN2/c1-4-5(2)3/h4H. The molecule has 0 rings (SSSR count). The van der Waals surface area contributed by atoms with E-state index >= 15 is 0 Å². The number of rotatable bonds is 1. The van der Waals surface area contributed by atoms with E-state index in [-0.39, 0.29) is 0 Å². The van der Waals surface area contributed by atoms with Gasteiger partial charge in [-0.25, -0.2) is 0 Å². The highest BCUT2D eigenvalue weighted by molar-refractivity contribution is 6.35. The van der Waals surface area contributed by atoms with Gasteiger partial charge in [-0.15, -0.1) is 4.94 Å². The van der Waals surface area contributed by atoms with Gasteiger partial charge in [0.1, 0.15) is 0 Å². The van der Waals surface area contributed by atoms with Crippen LogP contribution in [0, 0.1) is 0 Å². The first kappa shape index (κ1) is 5.79. The summed E-state index contributed by atoms with van der Waals surface area (Å²) in [4.78, 5) is 1.86. The summed E-state index contributed by atoms with van der Waals surface area (Å²) in [6.45, 7) is 0. The van der Waals surface area contributed by atoms with Gasteiger partial charge in [0, 0.05) is 23.6 Å². The second-order valence-corrected chi connectivity index (χ2v) is 1.34. The van der Waals surface area contributed by atoms with Gasteiger partial charge < -0.3 is 0 Å². The van der Waals surface area contributed by atoms with Crippen molar-refractivity contribution in [1.82, 2.24) is 8.99 Å². The van der Waals surface area contributed by atoms with Gasteiger partial charge in [-0.1, -0.05) is 0 Å². The lowest BCUT2D eigenvalue weighted by Gasteiger charge is -1.90. The Kier molecular flexibility index (Phi) is 3.47. The van der Waals surface area contributed by atoms with Gasteiger partial charge in [0.25, 0.3) is 0 Å². The van der Waals surface area contributed by atoms with Gasteiger partial charge in [-0.2, -0.15) is 0 Å². The average molecular weight is 135 g/mol. The molecule has 5 heteroatoms. The molecule has 0 heterocycles. The van der Waals surface area contributed by atoms with Crippen molar-refractivity contribution in [1.29, 1.82) is 0 Å². The van der Waals surface area contributed by atoms with E-state index in [0.717, 1.165) is 0 Å². The fraction of sp³-hybridized carbons (Fsp3) is 0. The van der Waals surface area contributed by atoms with Crippen molar-refractivity contribution in [3.05, 3.63) is 0 Å². The average Bonchev–Trinajstić information content (AvgIpc) is 1.38. The van der Waals surface area contributed by atoms with Crippen LogP contribution >= 0.6 is 35.3 Å². The maximum atomic E-state index is 4.82. The van der Waals surface area contributed by atoms with Gasteiger partial charge in [0.15, 0.2) is 0 Å². The Bertz CT molecular complexity index is 18.9. The Morgan fingerprint density at radius 3 is 1.60 bits per heavy atom. The third kappa shape index (κ3) is 4.79. The summed E-state index contributed by atoms with van der Waals surface area (Å²) in [5, 5.41) is 0. The predicted octanol–water partition coefficient (Wildman–Crippen LogP) is 1.25. The van der Waals surface area contributed by atoms with E-state index in [0.29, 0.717) is 4.05 Å². The monoisotopic (exact) mass is 134 g/mol. The van der Waals surface area contributed by atoms with E-state index in [4.69, 9.17) is 35.3 Å². The summed E-state index contributed by atoms with van der Waals surface area (Å²) in [7, 11) is 0. The first-order valence-electron chi connectivity index (χ1n) is 0.751. The molecule has 2 nitrogen and oxygen atoms in total. The summed E-state index contributed by atoms with van der Waals surface area (Å²) in [6, 6.07) is 0. The van der Waals surface area contributed by atoms with E-state index in [1.54, 1.807) is 0 Å². The Balaban J connectivity index is 2.54. The second-order valence-electron chi connectivity index (χ2n) is 0.317. The predicted molar refractivity (Wildman–Crippen MR) is 22.5 cm³/mol. The van der Waals surface area contributed by atoms with Crippen LogP contribution in [0.1, 0.15) is 0 Å². The first-order valence-corrected chi connectivity index (χ1v) is 1.80. The number of hydrogen-bond donors (Lipinski definition) is 1. The number of hydrazine groups is 1. The third-order valence-electron chi connectivity index (χ3n) is 0.0639. The molecule has 0 aromatic heterocycles. The van der Waals surface area contributed by atoms with Gasteiger partial charge in [-0.3, -0.25) is 0 Å². The highest BCUT2D eigenvalue weighted by atomic mass is 35.5. The fourth-order valence-electron chi connectivity index (χ4n) is 0. The normalized spacial score (nSPS) is 9.60. The van der Waals surface area contributed by atoms with Crippen LogP contribution in [0.25, 0.3) is 0 Å². The van der Waals surface area contributed by atoms with Crippen molar-refractivity contribution < 1.29 is 0 Å². The molecule has 0 aromatic carbocycles. The van der Waals surface area contributed by atoms with Crippen LogP contribution in [0.4, 0.5) is 0 Å². The zero-order chi connectivity index (χ0) is 4.28. The molecular formula is HCl3N2. The molecule has 5 heavy (non-hydrogen) atoms. The van der Waals surface area contributed by atoms with Crippen molar-refractivity contribution in [3.63, 3.8) is 0 Å². The lowest BCUT2D eigenvalue weighted by atomic mass is 12.9. The molecule has 0 aliphatic heterocycles. The minimum atomic E-state index is 0.585. The van der Waals surface area contributed by atoms with Gasteiger partial charge in [-0.05, 0) is 15.8 Å². The lowest BCUT2D eigenvalue weighted by molar-refractivity contribution is 0.682. The van der Waals surface area contributed by atoms with Crippen molar-refractivity contribution in [3.8, 4) is 0 Å². The van der Waals surface area contributed by atoms with E-state index in [1.807, 2.05) is 4.94 Å². The number of halogens is 3. The minimum absolute atomic E-state index is 0.585. The Morgan fingerprint density at radius 1 is 1.40 bits per heavy atom. The largest absolute Gasteiger partial charge is 0.137 e. The summed E-state index contributed by atoms with van der Waals surface area (Å²) in [6.07, 6.45) is 0. The van der Waals surface area contributed by atoms with E-state index in [2.05, 4.69) is 0 Å². The van der Waals surface area contributed by atoms with Crippen LogP contribution in [-0.2, 0) is 0 Å². The molecule has 0 aliphatic rings. The molecule has 0 radical (unpaired) electrons. The highest BCUT2D eigenvalue weighted by Crippen LogP contribution is 1.90. The molecule has 0 unspecified atom stereocenters. The van der Waals surface area contributed by atoms with Crippen molar-refractivity contribution in [2.75, 3.05) is 0 Å². The van der Waals surface area contributed by atoms with E-state index in [1.165, 1.54) is 0 Å². The van der Waals surface area contributed by atoms with Crippen LogP contribution in [-0.4, -0.2) is 4.05 Å². The van der Waals surface area contributed by atoms with Gasteiger partial charge in [0.2, 0.25) is 0 Å². The van der Waals surface area contributed by atoms with E-state index < -0.39 is 0 Å². The quantitative estimate of drug-likeness (QED) is 0.430. The van der Waals surface area contributed by atoms with Gasteiger partial charge >= 0.3 is 0 Å². The zero-order valence-electron chi connectivity index (χ0n) is 2.08. The number of nitrogens with one attached hydrogen (secondary N) is 1. The summed E-state index contributed by atoms with van der Waals surface area (Å²) in [5.74, 6) is 0. The minimum Gasteiger partial charge on any atom is -0.137 e. The number of nitrogens with zero attached hydrogens (tertiary/aromatic N) is 1. The molecule has 0 saturated carbocycles. The first-order chi connectivity index (χ1) is 2.27. The maximum Gasteiger partial charge on any atom is 0.0135 e. The molecule has 0 fully saturated rings. The molecule has 0 bridgehead atoms. The topological polar surface area (TPSA) is 15.3 Å². The third-order valence-corrected chi connectivity index (χ3v) is 0.575. The molecule has 0 amide bonds. The van der Waals surface area contributed by atoms with Crippen molar-refractivity contribution >= 4 is 35.3 Å². The smallest absolute Gasteiger partial charge is 0.0135 e. The SMILES string of the molecule is ClNN(Cl)Cl. The van der Waals surface area contributed by atoms with Crippen molar-refractivity contribution in [2.24, 2.45) is 0 Å². The molecule has 32 valence electrons. The highest BCUT2D eigenvalue weighted by Gasteiger charge is 1.80. The second kappa shape index (κ2) is 3.00. The van der Waals surface area contributed by atoms with Crippen LogP contribution in [0.15, 0.2) is 0 Å². The van der Waals surface area contributed by atoms with Gasteiger partial charge in [0.05, 0.1) is 0 Å². The number of hydrogen-bond acceptors (Lipinski definition) is 2. The lowest BCUT2D eigenvalue weighted by Crippen LogP contribution is -2.06. The molecule has 0 atom stereocenters. The summed E-state index contributed by atoms with van der Waals surface area (Å²) >= 11 is 14.4. The zero-order valence-corrected chi connectivity index (χ0v) is 4.35. The van der Waals surface area contributed by atoms with Crippen LogP contribution < -0.4 is 4.94 Å². The van der Waals surface area contributed by atoms with Crippen molar-refractivity contribution in [2.45, 2.75) is 0 Å². The molecule has 0 aliphatic carbocycles. The maximum absolute atomic E-state index is 4.82. The molecule has 1 N–H and O–H groups in total. The Labute approximate surface area is 44.9 Å². The summed E-state index contributed by atoms with van der Waals surface area (Å²) in [5.41, 5.74) is 0. The Morgan fingerprint density at radius 2 is 1.60 bits per heavy atom. The molecule has 0 saturated heterocycles. The van der Waals surface area contributed by atoms with Crippen LogP contribution in [0.5, 0.6) is 0 Å². The fourth-order valence-corrected chi connectivity index (χ4v) is 0. The summed E-state index contributed by atoms with van der Waals surface area (Å²) < 4.78 is 0.585. The Hall–Kier alpha value is 0.790. The van der Waals surface area contributed by atoms with E-state index in [9.17, 15) is 0 Å². The van der Waals surface area contributed by atoms with Crippen LogP contribution in [0.3, 0.4) is 0 Å².